The number of amides is 2. The molecule has 5 nitrogen and oxygen atoms in total. The number of hydrogen-bond donors (Lipinski definition) is 1. The van der Waals surface area contributed by atoms with E-state index in [1.54, 1.807) is 24.5 Å². The van der Waals surface area contributed by atoms with Crippen LogP contribution in [0.5, 0.6) is 0 Å². The maximum Gasteiger partial charge on any atom is 0.311 e. The Labute approximate surface area is 146 Å². The van der Waals surface area contributed by atoms with Crippen molar-refractivity contribution in [2.75, 3.05) is 19.6 Å². The summed E-state index contributed by atoms with van der Waals surface area (Å²) in [5.41, 5.74) is 1.97. The molecule has 0 spiro atoms. The van der Waals surface area contributed by atoms with Gasteiger partial charge in [-0.15, -0.1) is 0 Å². The number of nitrogens with zero attached hydrogens (tertiary/aromatic N) is 2. The first-order valence-electron chi connectivity index (χ1n) is 8.30. The molecule has 0 saturated carbocycles. The van der Waals surface area contributed by atoms with Crippen LogP contribution in [0.4, 0.5) is 4.39 Å². The summed E-state index contributed by atoms with van der Waals surface area (Å²) < 4.78 is 12.8. The Balaban J connectivity index is 1.78. The van der Waals surface area contributed by atoms with Gasteiger partial charge in [-0.25, -0.2) is 4.39 Å². The van der Waals surface area contributed by atoms with Gasteiger partial charge in [-0.1, -0.05) is 12.1 Å². The Morgan fingerprint density at radius 3 is 2.32 bits per heavy atom. The fraction of sp³-hybridized carbons (Fsp3) is 0.316. The molecule has 0 bridgehead atoms. The van der Waals surface area contributed by atoms with Crippen LogP contribution < -0.4 is 5.32 Å². The number of aromatic nitrogens is 1. The predicted molar refractivity (Wildman–Crippen MR) is 93.3 cm³/mol. The number of carbonyl (C=O) groups is 2. The normalized spacial score (nSPS) is 10.3. The lowest BCUT2D eigenvalue weighted by molar-refractivity contribution is -0.145. The van der Waals surface area contributed by atoms with Crippen LogP contribution in [0.2, 0.25) is 0 Å². The Hall–Kier alpha value is -2.76. The molecule has 0 radical (unpaired) electrons. The highest BCUT2D eigenvalue weighted by Crippen LogP contribution is 2.03. The van der Waals surface area contributed by atoms with E-state index in [1.165, 1.54) is 17.0 Å². The van der Waals surface area contributed by atoms with Gasteiger partial charge in [-0.2, -0.15) is 0 Å². The van der Waals surface area contributed by atoms with Gasteiger partial charge in [0.2, 0.25) is 0 Å². The summed E-state index contributed by atoms with van der Waals surface area (Å²) in [5, 5.41) is 2.62. The van der Waals surface area contributed by atoms with Crippen LogP contribution in [0.3, 0.4) is 0 Å². The van der Waals surface area contributed by atoms with Crippen molar-refractivity contribution in [1.82, 2.24) is 15.2 Å². The van der Waals surface area contributed by atoms with Crippen LogP contribution >= 0.6 is 0 Å². The third-order valence-corrected chi connectivity index (χ3v) is 3.90. The summed E-state index contributed by atoms with van der Waals surface area (Å²) in [6.07, 6.45) is 4.62. The van der Waals surface area contributed by atoms with Crippen molar-refractivity contribution in [3.05, 3.63) is 65.7 Å². The van der Waals surface area contributed by atoms with Crippen LogP contribution in [0.15, 0.2) is 48.8 Å². The van der Waals surface area contributed by atoms with Crippen LogP contribution in [0.25, 0.3) is 0 Å². The molecule has 2 rings (SSSR count). The summed E-state index contributed by atoms with van der Waals surface area (Å²) in [5.74, 6) is -1.44. The standard InChI is InChI=1S/C19H22FN3O2/c1-2-23(14-10-16-7-11-21-12-8-16)19(25)18(24)22-13-9-15-3-5-17(20)6-4-15/h3-8,11-12H,2,9-10,13-14H2,1H3,(H,22,24). The number of benzene rings is 1. The largest absolute Gasteiger partial charge is 0.347 e. The molecular formula is C19H22FN3O2. The summed E-state index contributed by atoms with van der Waals surface area (Å²) in [6, 6.07) is 9.86. The van der Waals surface area contributed by atoms with E-state index in [0.29, 0.717) is 32.5 Å². The number of halogens is 1. The average molecular weight is 343 g/mol. The molecule has 0 aliphatic heterocycles. The van der Waals surface area contributed by atoms with E-state index in [9.17, 15) is 14.0 Å². The summed E-state index contributed by atoms with van der Waals surface area (Å²) in [6.45, 7) is 3.12. The van der Waals surface area contributed by atoms with Crippen molar-refractivity contribution < 1.29 is 14.0 Å². The lowest BCUT2D eigenvalue weighted by atomic mass is 10.1. The Kier molecular flexibility index (Phi) is 7.07. The molecule has 0 unspecified atom stereocenters. The fourth-order valence-corrected chi connectivity index (χ4v) is 2.41. The topological polar surface area (TPSA) is 62.3 Å². The number of pyridine rings is 1. The van der Waals surface area contributed by atoms with Crippen molar-refractivity contribution >= 4 is 11.8 Å². The van der Waals surface area contributed by atoms with Crippen LogP contribution in [0, 0.1) is 5.82 Å². The van der Waals surface area contributed by atoms with Gasteiger partial charge in [0, 0.05) is 32.0 Å². The van der Waals surface area contributed by atoms with Gasteiger partial charge in [0.05, 0.1) is 0 Å². The van der Waals surface area contributed by atoms with Gasteiger partial charge in [0.1, 0.15) is 5.82 Å². The van der Waals surface area contributed by atoms with Crippen molar-refractivity contribution in [1.29, 1.82) is 0 Å². The van der Waals surface area contributed by atoms with E-state index >= 15 is 0 Å². The zero-order chi connectivity index (χ0) is 18.1. The minimum Gasteiger partial charge on any atom is -0.347 e. The second-order valence-corrected chi connectivity index (χ2v) is 5.62. The highest BCUT2D eigenvalue weighted by molar-refractivity contribution is 6.35. The molecule has 1 aromatic carbocycles. The van der Waals surface area contributed by atoms with Crippen molar-refractivity contribution in [2.24, 2.45) is 0 Å². The highest BCUT2D eigenvalue weighted by Gasteiger charge is 2.19. The van der Waals surface area contributed by atoms with E-state index in [2.05, 4.69) is 10.3 Å². The third kappa shape index (κ3) is 5.99. The Morgan fingerprint density at radius 2 is 1.68 bits per heavy atom. The first-order valence-corrected chi connectivity index (χ1v) is 8.30. The fourth-order valence-electron chi connectivity index (χ4n) is 2.41. The first-order chi connectivity index (χ1) is 12.1. The lowest BCUT2D eigenvalue weighted by Crippen LogP contribution is -2.44. The second kappa shape index (κ2) is 9.52. The minimum absolute atomic E-state index is 0.296. The number of likely N-dealkylation sites (N-methyl/N-ethyl adjacent to an activating group) is 1. The molecule has 132 valence electrons. The molecule has 0 fully saturated rings. The molecule has 1 aromatic heterocycles. The minimum atomic E-state index is -0.612. The Morgan fingerprint density at radius 1 is 1.04 bits per heavy atom. The van der Waals surface area contributed by atoms with Gasteiger partial charge in [0.15, 0.2) is 0 Å². The molecular weight excluding hydrogens is 321 g/mol. The molecule has 1 N–H and O–H groups in total. The Bertz CT molecular complexity index is 690. The van der Waals surface area contributed by atoms with E-state index < -0.39 is 11.8 Å². The molecule has 1 heterocycles. The number of nitrogens with one attached hydrogen (secondary N) is 1. The number of carbonyl (C=O) groups excluding carboxylic acids is 2. The van der Waals surface area contributed by atoms with Crippen molar-refractivity contribution in [2.45, 2.75) is 19.8 Å². The quantitative estimate of drug-likeness (QED) is 0.782. The summed E-state index contributed by atoms with van der Waals surface area (Å²) in [7, 11) is 0. The molecule has 6 heteroatoms. The molecule has 2 amide bonds. The zero-order valence-electron chi connectivity index (χ0n) is 14.2. The molecule has 0 aliphatic rings. The maximum atomic E-state index is 12.8. The van der Waals surface area contributed by atoms with Crippen LogP contribution in [0.1, 0.15) is 18.1 Å². The van der Waals surface area contributed by atoms with E-state index in [1.807, 2.05) is 19.1 Å². The second-order valence-electron chi connectivity index (χ2n) is 5.62. The molecule has 0 aliphatic carbocycles. The highest BCUT2D eigenvalue weighted by atomic mass is 19.1. The summed E-state index contributed by atoms with van der Waals surface area (Å²) in [4.78, 5) is 29.7. The van der Waals surface area contributed by atoms with E-state index in [-0.39, 0.29) is 5.82 Å². The lowest BCUT2D eigenvalue weighted by Gasteiger charge is -2.20. The molecule has 25 heavy (non-hydrogen) atoms. The van der Waals surface area contributed by atoms with Gasteiger partial charge in [-0.3, -0.25) is 14.6 Å². The van der Waals surface area contributed by atoms with Crippen LogP contribution in [-0.2, 0) is 22.4 Å². The van der Waals surface area contributed by atoms with Gasteiger partial charge in [-0.05, 0) is 55.2 Å². The van der Waals surface area contributed by atoms with Gasteiger partial charge < -0.3 is 10.2 Å². The van der Waals surface area contributed by atoms with Crippen LogP contribution in [-0.4, -0.2) is 41.3 Å². The van der Waals surface area contributed by atoms with Gasteiger partial charge >= 0.3 is 11.8 Å². The van der Waals surface area contributed by atoms with Gasteiger partial charge in [0.25, 0.3) is 0 Å². The molecule has 0 saturated heterocycles. The maximum absolute atomic E-state index is 12.8. The predicted octanol–water partition coefficient (Wildman–Crippen LogP) is 1.97. The van der Waals surface area contributed by atoms with E-state index in [4.69, 9.17) is 0 Å². The zero-order valence-corrected chi connectivity index (χ0v) is 14.2. The third-order valence-electron chi connectivity index (χ3n) is 3.90. The van der Waals surface area contributed by atoms with Crippen molar-refractivity contribution in [3.63, 3.8) is 0 Å². The smallest absolute Gasteiger partial charge is 0.311 e. The van der Waals surface area contributed by atoms with E-state index in [0.717, 1.165) is 11.1 Å². The number of hydrogen-bond acceptors (Lipinski definition) is 3. The van der Waals surface area contributed by atoms with Crippen molar-refractivity contribution in [3.8, 4) is 0 Å². The SMILES string of the molecule is CCN(CCc1ccncc1)C(=O)C(=O)NCCc1ccc(F)cc1. The average Bonchev–Trinajstić information content (AvgIpc) is 2.64. The first kappa shape index (κ1) is 18.6. The monoisotopic (exact) mass is 343 g/mol. The molecule has 0 atom stereocenters. The summed E-state index contributed by atoms with van der Waals surface area (Å²) >= 11 is 0. The molecule has 2 aromatic rings. The number of rotatable bonds is 7.